The number of carbonyl (C=O) groups excluding carboxylic acids is 1. The molecule has 0 saturated heterocycles. The molecule has 1 aromatic carbocycles. The van der Waals surface area contributed by atoms with Crippen LogP contribution in [0, 0.1) is 5.82 Å². The van der Waals surface area contributed by atoms with E-state index < -0.39 is 29.4 Å². The van der Waals surface area contributed by atoms with Crippen LogP contribution in [0.2, 0.25) is 0 Å². The molecule has 0 aliphatic carbocycles. The van der Waals surface area contributed by atoms with Crippen LogP contribution in [0.15, 0.2) is 36.7 Å². The molecule has 20 heavy (non-hydrogen) atoms. The summed E-state index contributed by atoms with van der Waals surface area (Å²) in [7, 11) is 0. The molecular formula is C13H10F4N2O. The number of halogens is 4. The Morgan fingerprint density at radius 1 is 1.25 bits per heavy atom. The van der Waals surface area contributed by atoms with Crippen molar-refractivity contribution in [2.24, 2.45) is 0 Å². The largest absolute Gasteiger partial charge is 0.416 e. The van der Waals surface area contributed by atoms with E-state index in [2.05, 4.69) is 5.10 Å². The van der Waals surface area contributed by atoms with Gasteiger partial charge >= 0.3 is 6.18 Å². The fourth-order valence-electron chi connectivity index (χ4n) is 1.71. The third-order valence-corrected chi connectivity index (χ3v) is 2.84. The van der Waals surface area contributed by atoms with Crippen LogP contribution in [0.25, 0.3) is 0 Å². The molecule has 2 aromatic rings. The molecule has 0 aliphatic heterocycles. The number of ketones is 1. The Morgan fingerprint density at radius 3 is 2.30 bits per heavy atom. The van der Waals surface area contributed by atoms with E-state index in [1.54, 1.807) is 0 Å². The summed E-state index contributed by atoms with van der Waals surface area (Å²) < 4.78 is 51.2. The van der Waals surface area contributed by atoms with Gasteiger partial charge in [-0.3, -0.25) is 9.48 Å². The van der Waals surface area contributed by atoms with E-state index in [0.29, 0.717) is 0 Å². The number of hydrogen-bond donors (Lipinski definition) is 0. The van der Waals surface area contributed by atoms with E-state index in [1.807, 2.05) is 0 Å². The average Bonchev–Trinajstić information content (AvgIpc) is 2.83. The van der Waals surface area contributed by atoms with Gasteiger partial charge in [0.05, 0.1) is 18.0 Å². The summed E-state index contributed by atoms with van der Waals surface area (Å²) in [6.07, 6.45) is -2.44. The van der Waals surface area contributed by atoms with Crippen molar-refractivity contribution in [3.05, 3.63) is 53.6 Å². The molecule has 0 fully saturated rings. The monoisotopic (exact) mass is 286 g/mol. The second-order valence-electron chi connectivity index (χ2n) is 4.25. The van der Waals surface area contributed by atoms with Crippen LogP contribution >= 0.6 is 0 Å². The minimum atomic E-state index is -4.45. The van der Waals surface area contributed by atoms with E-state index in [9.17, 15) is 22.4 Å². The lowest BCUT2D eigenvalue weighted by Gasteiger charge is -2.12. The van der Waals surface area contributed by atoms with E-state index in [0.717, 1.165) is 41.3 Å². The Balaban J connectivity index is 2.21. The van der Waals surface area contributed by atoms with Crippen LogP contribution in [0.1, 0.15) is 28.9 Å². The van der Waals surface area contributed by atoms with Crippen LogP contribution in [0.4, 0.5) is 17.6 Å². The third-order valence-electron chi connectivity index (χ3n) is 2.84. The Bertz CT molecular complexity index is 616. The fraction of sp³-hybridized carbons (Fsp3) is 0.231. The van der Waals surface area contributed by atoms with Crippen molar-refractivity contribution in [1.82, 2.24) is 9.78 Å². The summed E-state index contributed by atoms with van der Waals surface area (Å²) in [5.41, 5.74) is -0.715. The number of hydrogen-bond acceptors (Lipinski definition) is 2. The van der Waals surface area contributed by atoms with Crippen molar-refractivity contribution < 1.29 is 22.4 Å². The van der Waals surface area contributed by atoms with Gasteiger partial charge in [-0.05, 0) is 19.1 Å². The zero-order valence-electron chi connectivity index (χ0n) is 10.4. The van der Waals surface area contributed by atoms with Gasteiger partial charge in [-0.25, -0.2) is 4.39 Å². The van der Waals surface area contributed by atoms with Gasteiger partial charge in [0, 0.05) is 5.56 Å². The second kappa shape index (κ2) is 5.07. The molecule has 1 aromatic heterocycles. The van der Waals surface area contributed by atoms with E-state index in [-0.39, 0.29) is 5.56 Å². The standard InChI is InChI=1S/C13H10F4N2O/c1-8(19-7-11(14)6-18-19)12(20)9-2-4-10(5-3-9)13(15,16)17/h2-8H,1H3/t8-/m0/s1. The molecule has 0 aliphatic rings. The fourth-order valence-corrected chi connectivity index (χ4v) is 1.71. The van der Waals surface area contributed by atoms with Crippen LogP contribution < -0.4 is 0 Å². The smallest absolute Gasteiger partial charge is 0.292 e. The second-order valence-corrected chi connectivity index (χ2v) is 4.25. The lowest BCUT2D eigenvalue weighted by atomic mass is 10.0. The molecule has 0 N–H and O–H groups in total. The van der Waals surface area contributed by atoms with Crippen molar-refractivity contribution in [1.29, 1.82) is 0 Å². The summed E-state index contributed by atoms with van der Waals surface area (Å²) >= 11 is 0. The number of aromatic nitrogens is 2. The molecule has 1 heterocycles. The normalized spacial score (nSPS) is 13.2. The lowest BCUT2D eigenvalue weighted by Crippen LogP contribution is -2.17. The Labute approximate surface area is 111 Å². The summed E-state index contributed by atoms with van der Waals surface area (Å²) in [6.45, 7) is 1.49. The predicted octanol–water partition coefficient (Wildman–Crippen LogP) is 3.48. The maximum atomic E-state index is 12.8. The quantitative estimate of drug-likeness (QED) is 0.639. The molecule has 7 heteroatoms. The van der Waals surface area contributed by atoms with Crippen molar-refractivity contribution >= 4 is 5.78 Å². The van der Waals surface area contributed by atoms with Crippen LogP contribution in [-0.2, 0) is 6.18 Å². The number of alkyl halides is 3. The van der Waals surface area contributed by atoms with Gasteiger partial charge in [0.15, 0.2) is 11.6 Å². The van der Waals surface area contributed by atoms with Gasteiger partial charge in [0.1, 0.15) is 6.04 Å². The molecule has 1 atom stereocenters. The highest BCUT2D eigenvalue weighted by Gasteiger charge is 2.30. The third kappa shape index (κ3) is 2.87. The molecule has 0 saturated carbocycles. The van der Waals surface area contributed by atoms with Gasteiger partial charge < -0.3 is 0 Å². The molecule has 3 nitrogen and oxygen atoms in total. The van der Waals surface area contributed by atoms with Gasteiger partial charge in [-0.2, -0.15) is 18.3 Å². The Kier molecular flexibility index (Phi) is 3.61. The summed E-state index contributed by atoms with van der Waals surface area (Å²) in [4.78, 5) is 12.1. The van der Waals surface area contributed by atoms with Gasteiger partial charge in [-0.1, -0.05) is 12.1 Å². The molecule has 0 radical (unpaired) electrons. The first kappa shape index (κ1) is 14.2. The van der Waals surface area contributed by atoms with Crippen molar-refractivity contribution in [3.8, 4) is 0 Å². The number of benzene rings is 1. The van der Waals surface area contributed by atoms with E-state index in [1.165, 1.54) is 6.92 Å². The van der Waals surface area contributed by atoms with Crippen LogP contribution in [0.5, 0.6) is 0 Å². The first-order valence-corrected chi connectivity index (χ1v) is 5.70. The number of carbonyl (C=O) groups is 1. The zero-order valence-corrected chi connectivity index (χ0v) is 10.4. The topological polar surface area (TPSA) is 34.9 Å². The molecule has 106 valence electrons. The first-order valence-electron chi connectivity index (χ1n) is 5.70. The van der Waals surface area contributed by atoms with Gasteiger partial charge in [0.25, 0.3) is 0 Å². The summed E-state index contributed by atoms with van der Waals surface area (Å²) in [5.74, 6) is -1.03. The number of rotatable bonds is 3. The van der Waals surface area contributed by atoms with Crippen molar-refractivity contribution in [2.75, 3.05) is 0 Å². The highest BCUT2D eigenvalue weighted by Crippen LogP contribution is 2.29. The Hall–Kier alpha value is -2.18. The van der Waals surface area contributed by atoms with Crippen LogP contribution in [-0.4, -0.2) is 15.6 Å². The molecule has 0 bridgehead atoms. The minimum Gasteiger partial charge on any atom is -0.292 e. The molecular weight excluding hydrogens is 276 g/mol. The molecule has 0 spiro atoms. The maximum Gasteiger partial charge on any atom is 0.416 e. The van der Waals surface area contributed by atoms with Gasteiger partial charge in [0.2, 0.25) is 0 Å². The number of nitrogens with zero attached hydrogens (tertiary/aromatic N) is 2. The SMILES string of the molecule is C[C@@H](C(=O)c1ccc(C(F)(F)F)cc1)n1cc(F)cn1. The molecule has 0 unspecified atom stereocenters. The highest BCUT2D eigenvalue weighted by atomic mass is 19.4. The molecule has 0 amide bonds. The summed E-state index contributed by atoms with van der Waals surface area (Å²) in [6, 6.07) is 3.08. The van der Waals surface area contributed by atoms with Crippen molar-refractivity contribution in [2.45, 2.75) is 19.1 Å². The Morgan fingerprint density at radius 2 is 1.85 bits per heavy atom. The zero-order chi connectivity index (χ0) is 14.9. The first-order chi connectivity index (χ1) is 9.29. The van der Waals surface area contributed by atoms with Gasteiger partial charge in [-0.15, -0.1) is 0 Å². The van der Waals surface area contributed by atoms with Crippen LogP contribution in [0.3, 0.4) is 0 Å². The number of Topliss-reactive ketones (excluding diaryl/α,β-unsaturated/α-hetero) is 1. The van der Waals surface area contributed by atoms with E-state index in [4.69, 9.17) is 0 Å². The van der Waals surface area contributed by atoms with E-state index >= 15 is 0 Å². The minimum absolute atomic E-state index is 0.112. The maximum absolute atomic E-state index is 12.8. The predicted molar refractivity (Wildman–Crippen MR) is 62.7 cm³/mol. The van der Waals surface area contributed by atoms with Crippen molar-refractivity contribution in [3.63, 3.8) is 0 Å². The lowest BCUT2D eigenvalue weighted by molar-refractivity contribution is -0.137. The molecule has 2 rings (SSSR count). The summed E-state index contributed by atoms with van der Waals surface area (Å²) in [5, 5.41) is 3.66. The highest BCUT2D eigenvalue weighted by molar-refractivity contribution is 5.98. The average molecular weight is 286 g/mol.